The van der Waals surface area contributed by atoms with Gasteiger partial charge in [-0.05, 0) is 93.0 Å². The number of fused-ring (bicyclic) bond motifs is 12. The predicted octanol–water partition coefficient (Wildman–Crippen LogP) is 14.8. The van der Waals surface area contributed by atoms with E-state index in [0.29, 0.717) is 17.6 Å². The van der Waals surface area contributed by atoms with Crippen LogP contribution in [0, 0.1) is 0 Å². The molecule has 14 rings (SSSR count). The Hall–Kier alpha value is -8.61. The summed E-state index contributed by atoms with van der Waals surface area (Å²) in [6, 6.07) is 71.0. The number of nitrogens with zero attached hydrogens (tertiary/aromatic N) is 5. The molecule has 14 aromatic rings. The highest BCUT2D eigenvalue weighted by atomic mass is 16.3. The van der Waals surface area contributed by atoms with Gasteiger partial charge in [-0.2, -0.15) is 9.97 Å². The monoisotopic (exact) mass is 803 g/mol. The summed E-state index contributed by atoms with van der Waals surface area (Å²) in [7, 11) is 0. The van der Waals surface area contributed by atoms with E-state index in [9.17, 15) is 0 Å². The van der Waals surface area contributed by atoms with Crippen LogP contribution >= 0.6 is 0 Å². The molecule has 10 aromatic carbocycles. The molecule has 0 radical (unpaired) electrons. The molecule has 0 aliphatic rings. The van der Waals surface area contributed by atoms with Crippen LogP contribution in [0.3, 0.4) is 0 Å². The molecule has 0 fully saturated rings. The molecular formula is C57H33N5O. The van der Waals surface area contributed by atoms with Crippen LogP contribution in [-0.4, -0.2) is 24.1 Å². The predicted molar refractivity (Wildman–Crippen MR) is 259 cm³/mol. The van der Waals surface area contributed by atoms with Crippen molar-refractivity contribution in [3.63, 3.8) is 0 Å². The summed E-state index contributed by atoms with van der Waals surface area (Å²) in [5.74, 6) is 1.68. The summed E-state index contributed by atoms with van der Waals surface area (Å²) in [6.45, 7) is 0. The number of aromatic nitrogens is 5. The lowest BCUT2D eigenvalue weighted by molar-refractivity contribution is 0.669. The van der Waals surface area contributed by atoms with Crippen molar-refractivity contribution in [3.8, 4) is 34.4 Å². The lowest BCUT2D eigenvalue weighted by Crippen LogP contribution is -2.06. The van der Waals surface area contributed by atoms with Crippen LogP contribution in [0.25, 0.3) is 132 Å². The summed E-state index contributed by atoms with van der Waals surface area (Å²) in [5.41, 5.74) is 8.57. The van der Waals surface area contributed by atoms with Gasteiger partial charge in [-0.3, -0.25) is 4.57 Å². The van der Waals surface area contributed by atoms with Crippen LogP contribution in [-0.2, 0) is 0 Å². The number of para-hydroxylation sites is 3. The number of rotatable bonds is 4. The largest absolute Gasteiger partial charge is 0.456 e. The van der Waals surface area contributed by atoms with Gasteiger partial charge in [-0.15, -0.1) is 0 Å². The molecule has 0 aliphatic heterocycles. The van der Waals surface area contributed by atoms with Gasteiger partial charge in [0.15, 0.2) is 11.6 Å². The molecule has 292 valence electrons. The van der Waals surface area contributed by atoms with Crippen molar-refractivity contribution in [1.82, 2.24) is 24.1 Å². The van der Waals surface area contributed by atoms with Crippen molar-refractivity contribution >= 4 is 97.9 Å². The van der Waals surface area contributed by atoms with Crippen LogP contribution in [0.1, 0.15) is 0 Å². The fourth-order valence-corrected chi connectivity index (χ4v) is 9.97. The zero-order chi connectivity index (χ0) is 41.2. The minimum atomic E-state index is 0.543. The van der Waals surface area contributed by atoms with E-state index < -0.39 is 0 Å². The third-order valence-corrected chi connectivity index (χ3v) is 12.9. The topological polar surface area (TPSA) is 61.7 Å². The fourth-order valence-electron chi connectivity index (χ4n) is 9.97. The molecule has 63 heavy (non-hydrogen) atoms. The number of hydrogen-bond donors (Lipinski definition) is 0. The lowest BCUT2D eigenvalue weighted by atomic mass is 10.0. The van der Waals surface area contributed by atoms with Gasteiger partial charge in [0.05, 0.1) is 33.1 Å². The second kappa shape index (κ2) is 12.9. The third kappa shape index (κ3) is 5.09. The maximum Gasteiger partial charge on any atom is 0.238 e. The molecule has 0 saturated heterocycles. The summed E-state index contributed by atoms with van der Waals surface area (Å²) < 4.78 is 11.4. The Morgan fingerprint density at radius 3 is 1.46 bits per heavy atom. The highest BCUT2D eigenvalue weighted by Crippen LogP contribution is 2.43. The van der Waals surface area contributed by atoms with Crippen LogP contribution in [0.4, 0.5) is 0 Å². The quantitative estimate of drug-likeness (QED) is 0.178. The van der Waals surface area contributed by atoms with Crippen LogP contribution < -0.4 is 0 Å². The molecule has 4 aromatic heterocycles. The summed E-state index contributed by atoms with van der Waals surface area (Å²) >= 11 is 0. The van der Waals surface area contributed by atoms with Gasteiger partial charge >= 0.3 is 0 Å². The summed E-state index contributed by atoms with van der Waals surface area (Å²) in [6.07, 6.45) is 0. The van der Waals surface area contributed by atoms with Crippen LogP contribution in [0.15, 0.2) is 205 Å². The fraction of sp³-hybridized carbons (Fsp3) is 0. The highest BCUT2D eigenvalue weighted by Gasteiger charge is 2.23. The Bertz CT molecular complexity index is 4080. The van der Waals surface area contributed by atoms with Gasteiger partial charge in [0.2, 0.25) is 5.95 Å². The van der Waals surface area contributed by atoms with Crippen molar-refractivity contribution < 1.29 is 4.42 Å². The van der Waals surface area contributed by atoms with Gasteiger partial charge in [0, 0.05) is 38.1 Å². The van der Waals surface area contributed by atoms with E-state index in [1.165, 1.54) is 32.3 Å². The SMILES string of the molecule is c1ccc2cc(-c3nc(-c4cc(-n5c6cc7ccccc7cc6c6cc7ccccc7cc65)c5c(c4)oc4ccccc45)nc(-n4c5ccccc5c5ccccc54)n3)ccc2c1. The number of hydrogen-bond acceptors (Lipinski definition) is 4. The maximum absolute atomic E-state index is 6.81. The van der Waals surface area contributed by atoms with Crippen molar-refractivity contribution in [2.24, 2.45) is 0 Å². The van der Waals surface area contributed by atoms with E-state index in [-0.39, 0.29) is 0 Å². The molecule has 0 unspecified atom stereocenters. The normalized spacial score (nSPS) is 12.1. The average molecular weight is 804 g/mol. The Labute approximate surface area is 359 Å². The van der Waals surface area contributed by atoms with Gasteiger partial charge in [-0.1, -0.05) is 140 Å². The molecule has 6 nitrogen and oxygen atoms in total. The van der Waals surface area contributed by atoms with E-state index in [1.54, 1.807) is 0 Å². The molecular weight excluding hydrogens is 771 g/mol. The summed E-state index contributed by atoms with van der Waals surface area (Å²) in [5, 5.41) is 13.8. The molecule has 0 amide bonds. The average Bonchev–Trinajstić information content (AvgIpc) is 3.99. The Balaban J connectivity index is 1.11. The zero-order valence-corrected chi connectivity index (χ0v) is 33.7. The number of benzene rings is 10. The van der Waals surface area contributed by atoms with Crippen LogP contribution in [0.2, 0.25) is 0 Å². The van der Waals surface area contributed by atoms with E-state index in [0.717, 1.165) is 82.4 Å². The minimum Gasteiger partial charge on any atom is -0.456 e. The van der Waals surface area contributed by atoms with Gasteiger partial charge < -0.3 is 8.98 Å². The van der Waals surface area contributed by atoms with Crippen molar-refractivity contribution in [1.29, 1.82) is 0 Å². The zero-order valence-electron chi connectivity index (χ0n) is 33.7. The molecule has 0 aliphatic carbocycles. The first-order valence-electron chi connectivity index (χ1n) is 21.3. The first-order chi connectivity index (χ1) is 31.2. The maximum atomic E-state index is 6.81. The molecule has 6 heteroatoms. The Kier molecular flexibility index (Phi) is 7.02. The number of furan rings is 1. The molecule has 0 atom stereocenters. The molecule has 0 spiro atoms. The first-order valence-corrected chi connectivity index (χ1v) is 21.3. The minimum absolute atomic E-state index is 0.543. The standard InChI is InChI=1S/C57H33N5O/c1-2-14-35-27-40(26-25-34(35)13-1)55-58-56(60-57(59-55)62-47-22-10-7-19-42(47)43-20-8-11-23-48(43)62)41-32-51(54-44-21-9-12-24-52(44)63-53(54)33-41)61-49-30-38-17-5-3-15-36(38)28-45(49)46-29-37-16-4-6-18-39(37)31-50(46)61/h1-33H. The highest BCUT2D eigenvalue weighted by molar-refractivity contribution is 6.19. The van der Waals surface area contributed by atoms with Crippen molar-refractivity contribution in [2.45, 2.75) is 0 Å². The van der Waals surface area contributed by atoms with Gasteiger partial charge in [-0.25, -0.2) is 4.98 Å². The molecule has 0 saturated carbocycles. The van der Waals surface area contributed by atoms with Crippen molar-refractivity contribution in [2.75, 3.05) is 0 Å². The molecule has 0 N–H and O–H groups in total. The van der Waals surface area contributed by atoms with E-state index >= 15 is 0 Å². The van der Waals surface area contributed by atoms with E-state index in [2.05, 4.69) is 197 Å². The van der Waals surface area contributed by atoms with Gasteiger partial charge in [0.25, 0.3) is 0 Å². The van der Waals surface area contributed by atoms with E-state index in [1.807, 2.05) is 12.1 Å². The summed E-state index contributed by atoms with van der Waals surface area (Å²) in [4.78, 5) is 16.1. The third-order valence-electron chi connectivity index (χ3n) is 12.9. The van der Waals surface area contributed by atoms with E-state index in [4.69, 9.17) is 19.4 Å². The molecule has 0 bridgehead atoms. The second-order valence-corrected chi connectivity index (χ2v) is 16.4. The lowest BCUT2D eigenvalue weighted by Gasteiger charge is -2.14. The molecule has 4 heterocycles. The first kappa shape index (κ1) is 34.1. The Morgan fingerprint density at radius 1 is 0.317 bits per heavy atom. The van der Waals surface area contributed by atoms with Crippen molar-refractivity contribution in [3.05, 3.63) is 200 Å². The van der Waals surface area contributed by atoms with Crippen LogP contribution in [0.5, 0.6) is 0 Å². The smallest absolute Gasteiger partial charge is 0.238 e. The van der Waals surface area contributed by atoms with Gasteiger partial charge in [0.1, 0.15) is 11.2 Å². The second-order valence-electron chi connectivity index (χ2n) is 16.4. The Morgan fingerprint density at radius 2 is 0.825 bits per heavy atom.